The molecule has 0 saturated carbocycles. The van der Waals surface area contributed by atoms with Gasteiger partial charge in [-0.05, 0) is 37.7 Å². The lowest BCUT2D eigenvalue weighted by Gasteiger charge is -2.17. The normalized spacial score (nSPS) is 13.0. The number of hydrogen-bond donors (Lipinski definition) is 1. The fraction of sp³-hybridized carbons (Fsp3) is 0.571. The Morgan fingerprint density at radius 3 is 2.50 bits per heavy atom. The lowest BCUT2D eigenvalue weighted by molar-refractivity contribution is 0.324. The van der Waals surface area contributed by atoms with Crippen LogP contribution in [0.2, 0.25) is 0 Å². The van der Waals surface area contributed by atoms with Gasteiger partial charge in [0, 0.05) is 23.2 Å². The zero-order valence-electron chi connectivity index (χ0n) is 11.4. The number of hydrogen-bond acceptors (Lipinski definition) is 3. The van der Waals surface area contributed by atoms with Gasteiger partial charge in [0.2, 0.25) is 0 Å². The Labute approximate surface area is 114 Å². The van der Waals surface area contributed by atoms with Crippen LogP contribution >= 0.6 is 11.8 Å². The Kier molecular flexibility index (Phi) is 6.68. The Morgan fingerprint density at radius 1 is 1.33 bits per heavy atom. The molecule has 0 saturated heterocycles. The van der Waals surface area contributed by atoms with Gasteiger partial charge in [-0.2, -0.15) is 0 Å². The van der Waals surface area contributed by atoms with Crippen LogP contribution < -0.4 is 5.73 Å². The molecule has 0 amide bonds. The average Bonchev–Trinajstić information content (AvgIpc) is 2.36. The Bertz CT molecular complexity index is 365. The molecule has 102 valence electrons. The molecule has 0 radical (unpaired) electrons. The molecule has 0 bridgehead atoms. The maximum absolute atomic E-state index is 13.8. The number of benzene rings is 1. The first-order valence-electron chi connectivity index (χ1n) is 6.48. The SMILES string of the molecule is CCN(CC)CCSc1ccc([C@H](C)N)cc1F. The molecule has 1 aromatic carbocycles. The van der Waals surface area contributed by atoms with Crippen molar-refractivity contribution < 1.29 is 4.39 Å². The van der Waals surface area contributed by atoms with Crippen molar-refractivity contribution in [1.29, 1.82) is 0 Å². The molecular formula is C14H23FN2S. The Hall–Kier alpha value is -0.580. The first-order valence-corrected chi connectivity index (χ1v) is 7.47. The van der Waals surface area contributed by atoms with E-state index in [0.29, 0.717) is 4.90 Å². The van der Waals surface area contributed by atoms with Gasteiger partial charge in [0.15, 0.2) is 0 Å². The molecule has 4 heteroatoms. The highest BCUT2D eigenvalue weighted by Crippen LogP contribution is 2.24. The van der Waals surface area contributed by atoms with E-state index in [1.54, 1.807) is 17.8 Å². The molecule has 1 rings (SSSR count). The Morgan fingerprint density at radius 2 is 2.00 bits per heavy atom. The van der Waals surface area contributed by atoms with E-state index in [1.165, 1.54) is 0 Å². The Balaban J connectivity index is 2.53. The van der Waals surface area contributed by atoms with E-state index in [-0.39, 0.29) is 11.9 Å². The van der Waals surface area contributed by atoms with Crippen molar-refractivity contribution in [2.45, 2.75) is 31.7 Å². The van der Waals surface area contributed by atoms with E-state index < -0.39 is 0 Å². The third kappa shape index (κ3) is 4.59. The summed E-state index contributed by atoms with van der Waals surface area (Å²) in [6, 6.07) is 5.17. The summed E-state index contributed by atoms with van der Waals surface area (Å²) < 4.78 is 13.8. The lowest BCUT2D eigenvalue weighted by Crippen LogP contribution is -2.25. The van der Waals surface area contributed by atoms with Crippen LogP contribution in [0.4, 0.5) is 4.39 Å². The second-order valence-electron chi connectivity index (χ2n) is 4.35. The quantitative estimate of drug-likeness (QED) is 0.771. The summed E-state index contributed by atoms with van der Waals surface area (Å²) in [6.45, 7) is 9.23. The zero-order valence-corrected chi connectivity index (χ0v) is 12.3. The maximum atomic E-state index is 13.8. The molecule has 18 heavy (non-hydrogen) atoms. The van der Waals surface area contributed by atoms with E-state index >= 15 is 0 Å². The second-order valence-corrected chi connectivity index (χ2v) is 5.49. The molecule has 0 fully saturated rings. The predicted octanol–water partition coefficient (Wildman–Crippen LogP) is 3.28. The van der Waals surface area contributed by atoms with Crippen molar-refractivity contribution in [2.24, 2.45) is 5.73 Å². The number of nitrogens with zero attached hydrogens (tertiary/aromatic N) is 1. The van der Waals surface area contributed by atoms with Crippen molar-refractivity contribution in [3.05, 3.63) is 29.6 Å². The van der Waals surface area contributed by atoms with Gasteiger partial charge in [-0.1, -0.05) is 19.9 Å². The van der Waals surface area contributed by atoms with Crippen LogP contribution in [0.3, 0.4) is 0 Å². The van der Waals surface area contributed by atoms with Crippen LogP contribution in [0.15, 0.2) is 23.1 Å². The number of halogens is 1. The largest absolute Gasteiger partial charge is 0.324 e. The van der Waals surface area contributed by atoms with Gasteiger partial charge in [0.05, 0.1) is 0 Å². The number of thioether (sulfide) groups is 1. The summed E-state index contributed by atoms with van der Waals surface area (Å²) >= 11 is 1.57. The first-order chi connectivity index (χ1) is 8.58. The van der Waals surface area contributed by atoms with Gasteiger partial charge in [0.1, 0.15) is 5.82 Å². The van der Waals surface area contributed by atoms with Gasteiger partial charge in [-0.25, -0.2) is 4.39 Å². The molecular weight excluding hydrogens is 247 g/mol. The minimum absolute atomic E-state index is 0.116. The lowest BCUT2D eigenvalue weighted by atomic mass is 10.1. The van der Waals surface area contributed by atoms with Crippen LogP contribution in [0.1, 0.15) is 32.4 Å². The van der Waals surface area contributed by atoms with Crippen molar-refractivity contribution in [3.63, 3.8) is 0 Å². The highest BCUT2D eigenvalue weighted by atomic mass is 32.2. The van der Waals surface area contributed by atoms with E-state index in [0.717, 1.165) is 31.0 Å². The smallest absolute Gasteiger partial charge is 0.137 e. The minimum atomic E-state index is -0.158. The van der Waals surface area contributed by atoms with Gasteiger partial charge < -0.3 is 10.6 Å². The summed E-state index contributed by atoms with van der Waals surface area (Å²) in [5.74, 6) is 0.755. The monoisotopic (exact) mass is 270 g/mol. The van der Waals surface area contributed by atoms with E-state index in [2.05, 4.69) is 18.7 Å². The molecule has 1 atom stereocenters. The van der Waals surface area contributed by atoms with Crippen LogP contribution in [0.5, 0.6) is 0 Å². The fourth-order valence-corrected chi connectivity index (χ4v) is 2.67. The standard InChI is InChI=1S/C14H23FN2S/c1-4-17(5-2)8-9-18-14-7-6-12(11(3)16)10-13(14)15/h6-7,10-11H,4-5,8-9,16H2,1-3H3/t11-/m0/s1. The fourth-order valence-electron chi connectivity index (χ4n) is 1.74. The summed E-state index contributed by atoms with van der Waals surface area (Å²) in [7, 11) is 0. The summed E-state index contributed by atoms with van der Waals surface area (Å²) in [5, 5.41) is 0. The molecule has 0 heterocycles. The highest BCUT2D eigenvalue weighted by Gasteiger charge is 2.07. The molecule has 2 nitrogen and oxygen atoms in total. The van der Waals surface area contributed by atoms with Crippen molar-refractivity contribution in [1.82, 2.24) is 4.90 Å². The summed E-state index contributed by atoms with van der Waals surface area (Å²) in [5.41, 5.74) is 6.58. The molecule has 0 unspecified atom stereocenters. The average molecular weight is 270 g/mol. The van der Waals surface area contributed by atoms with Crippen molar-refractivity contribution >= 4 is 11.8 Å². The van der Waals surface area contributed by atoms with Gasteiger partial charge in [-0.15, -0.1) is 11.8 Å². The molecule has 0 aromatic heterocycles. The van der Waals surface area contributed by atoms with Gasteiger partial charge in [-0.3, -0.25) is 0 Å². The number of rotatable bonds is 7. The summed E-state index contributed by atoms with van der Waals surface area (Å²) in [4.78, 5) is 3.05. The van der Waals surface area contributed by atoms with Crippen molar-refractivity contribution in [2.75, 3.05) is 25.4 Å². The van der Waals surface area contributed by atoms with Crippen LogP contribution in [-0.2, 0) is 0 Å². The summed E-state index contributed by atoms with van der Waals surface area (Å²) in [6.07, 6.45) is 0. The molecule has 0 aliphatic heterocycles. The van der Waals surface area contributed by atoms with Crippen LogP contribution in [0.25, 0.3) is 0 Å². The van der Waals surface area contributed by atoms with E-state index in [1.807, 2.05) is 19.1 Å². The second kappa shape index (κ2) is 7.77. The minimum Gasteiger partial charge on any atom is -0.324 e. The van der Waals surface area contributed by atoms with Crippen LogP contribution in [0, 0.1) is 5.82 Å². The zero-order chi connectivity index (χ0) is 13.5. The van der Waals surface area contributed by atoms with Crippen LogP contribution in [-0.4, -0.2) is 30.3 Å². The highest BCUT2D eigenvalue weighted by molar-refractivity contribution is 7.99. The van der Waals surface area contributed by atoms with Gasteiger partial charge in [0.25, 0.3) is 0 Å². The molecule has 2 N–H and O–H groups in total. The van der Waals surface area contributed by atoms with E-state index in [4.69, 9.17) is 5.73 Å². The van der Waals surface area contributed by atoms with Crippen molar-refractivity contribution in [3.8, 4) is 0 Å². The third-order valence-corrected chi connectivity index (χ3v) is 4.07. The first kappa shape index (κ1) is 15.5. The number of nitrogens with two attached hydrogens (primary N) is 1. The topological polar surface area (TPSA) is 29.3 Å². The molecule has 0 aliphatic rings. The molecule has 1 aromatic rings. The predicted molar refractivity (Wildman–Crippen MR) is 77.5 cm³/mol. The maximum Gasteiger partial charge on any atom is 0.137 e. The van der Waals surface area contributed by atoms with E-state index in [9.17, 15) is 4.39 Å². The molecule has 0 aliphatic carbocycles. The molecule has 0 spiro atoms. The third-order valence-electron chi connectivity index (χ3n) is 3.04. The van der Waals surface area contributed by atoms with Gasteiger partial charge >= 0.3 is 0 Å².